The third-order valence-electron chi connectivity index (χ3n) is 6.77. The Morgan fingerprint density at radius 3 is 2.41 bits per heavy atom. The summed E-state index contributed by atoms with van der Waals surface area (Å²) in [6, 6.07) is 15.1. The number of fused-ring (bicyclic) bond motifs is 1. The molecule has 3 aromatic carbocycles. The van der Waals surface area contributed by atoms with E-state index in [1.165, 1.54) is 22.6 Å². The molecule has 0 aliphatic heterocycles. The van der Waals surface area contributed by atoms with Crippen molar-refractivity contribution in [3.8, 4) is 17.2 Å². The highest BCUT2D eigenvalue weighted by Gasteiger charge is 2.28. The number of anilines is 1. The molecule has 4 rings (SSSR count). The quantitative estimate of drug-likeness (QED) is 0.338. The first kappa shape index (κ1) is 26.2. The minimum Gasteiger partial charge on any atom is -0.505 e. The number of carbonyl (C=O) groups excluding carboxylic acids is 2. The number of nitrogens with zero attached hydrogens (tertiary/aromatic N) is 1. The van der Waals surface area contributed by atoms with E-state index in [1.807, 2.05) is 57.2 Å². The van der Waals surface area contributed by atoms with Crippen molar-refractivity contribution < 1.29 is 28.6 Å². The Labute approximate surface area is 216 Å². The molecule has 7 heteroatoms. The second kappa shape index (κ2) is 10.2. The van der Waals surface area contributed by atoms with Gasteiger partial charge in [0.25, 0.3) is 5.91 Å². The first-order valence-corrected chi connectivity index (χ1v) is 12.3. The highest BCUT2D eigenvalue weighted by molar-refractivity contribution is 6.06. The lowest BCUT2D eigenvalue weighted by atomic mass is 9.79. The molecule has 3 aromatic rings. The number of esters is 1. The number of ether oxygens (including phenoxy) is 2. The Hall–Kier alpha value is -3.87. The number of aromatic hydroxyl groups is 1. The molecule has 0 saturated carbocycles. The van der Waals surface area contributed by atoms with Gasteiger partial charge in [-0.2, -0.15) is 0 Å². The summed E-state index contributed by atoms with van der Waals surface area (Å²) in [4.78, 5) is 27.0. The zero-order valence-corrected chi connectivity index (χ0v) is 21.8. The summed E-state index contributed by atoms with van der Waals surface area (Å²) < 4.78 is 24.9. The summed E-state index contributed by atoms with van der Waals surface area (Å²) in [5.41, 5.74) is 3.54. The first-order valence-electron chi connectivity index (χ1n) is 12.3. The number of halogens is 1. The summed E-state index contributed by atoms with van der Waals surface area (Å²) in [6.07, 6.45) is 2.41. The van der Waals surface area contributed by atoms with Crippen LogP contribution in [0, 0.1) is 11.2 Å². The number of benzene rings is 3. The Morgan fingerprint density at radius 1 is 1.00 bits per heavy atom. The number of phenols is 1. The molecule has 1 aliphatic carbocycles. The summed E-state index contributed by atoms with van der Waals surface area (Å²) in [6.45, 7) is 5.47. The van der Waals surface area contributed by atoms with Crippen LogP contribution in [0.1, 0.15) is 60.2 Å². The van der Waals surface area contributed by atoms with Gasteiger partial charge in [-0.05, 0) is 99.0 Å². The first-order chi connectivity index (χ1) is 17.5. The van der Waals surface area contributed by atoms with Crippen LogP contribution in [-0.2, 0) is 17.6 Å². The normalized spacial score (nSPS) is 15.0. The van der Waals surface area contributed by atoms with E-state index in [9.17, 15) is 19.1 Å². The number of hydrogen-bond acceptors (Lipinski definition) is 5. The van der Waals surface area contributed by atoms with Crippen LogP contribution in [0.3, 0.4) is 0 Å². The Morgan fingerprint density at radius 2 is 1.73 bits per heavy atom. The molecule has 0 spiro atoms. The standard InChI is InChI=1S/C30H32FNO5/c1-30(2,3)29(35)37-23-10-8-18-14-20(7-6-19(18)15-23)24-12-11-22(36-5)17-26(24)32(4)28(34)21-9-13-27(33)25(31)16-21/h8-13,15-17,20,33H,6-7,14H2,1-5H3/t20-/m0/s1. The van der Waals surface area contributed by atoms with Crippen LogP contribution in [0.25, 0.3) is 0 Å². The number of phenolic OH excluding ortho intramolecular Hbond substituents is 1. The topological polar surface area (TPSA) is 76.1 Å². The zero-order valence-electron chi connectivity index (χ0n) is 21.8. The van der Waals surface area contributed by atoms with Crippen LogP contribution >= 0.6 is 0 Å². The van der Waals surface area contributed by atoms with Crippen molar-refractivity contribution in [3.05, 3.63) is 82.7 Å². The van der Waals surface area contributed by atoms with Crippen molar-refractivity contribution in [1.29, 1.82) is 0 Å². The number of hydrogen-bond donors (Lipinski definition) is 1. The van der Waals surface area contributed by atoms with Crippen LogP contribution < -0.4 is 14.4 Å². The SMILES string of the molecule is COc1ccc([C@H]2CCc3cc(OC(=O)C(C)(C)C)ccc3C2)c(N(C)C(=O)c2ccc(O)c(F)c2)c1. The van der Waals surface area contributed by atoms with Crippen molar-refractivity contribution in [2.45, 2.75) is 46.0 Å². The van der Waals surface area contributed by atoms with Crippen molar-refractivity contribution in [2.24, 2.45) is 5.41 Å². The van der Waals surface area contributed by atoms with Gasteiger partial charge in [-0.15, -0.1) is 0 Å². The average Bonchev–Trinajstić information content (AvgIpc) is 2.88. The fourth-order valence-corrected chi connectivity index (χ4v) is 4.55. The maximum absolute atomic E-state index is 13.9. The van der Waals surface area contributed by atoms with E-state index >= 15 is 0 Å². The largest absolute Gasteiger partial charge is 0.505 e. The van der Waals surface area contributed by atoms with Gasteiger partial charge in [-0.3, -0.25) is 9.59 Å². The molecule has 1 atom stereocenters. The molecule has 0 aromatic heterocycles. The Bertz CT molecular complexity index is 1340. The van der Waals surface area contributed by atoms with E-state index in [4.69, 9.17) is 9.47 Å². The fraction of sp³-hybridized carbons (Fsp3) is 0.333. The number of rotatable bonds is 5. The summed E-state index contributed by atoms with van der Waals surface area (Å²) in [5, 5.41) is 9.50. The summed E-state index contributed by atoms with van der Waals surface area (Å²) in [5.74, 6) is -0.714. The van der Waals surface area contributed by atoms with Gasteiger partial charge in [0.15, 0.2) is 11.6 Å². The molecule has 1 amide bonds. The molecular weight excluding hydrogens is 473 g/mol. The zero-order chi connectivity index (χ0) is 26.9. The monoisotopic (exact) mass is 505 g/mol. The molecule has 0 heterocycles. The molecule has 1 aliphatic rings. The fourth-order valence-electron chi connectivity index (χ4n) is 4.55. The maximum Gasteiger partial charge on any atom is 0.316 e. The summed E-state index contributed by atoms with van der Waals surface area (Å²) >= 11 is 0. The van der Waals surface area contributed by atoms with Gasteiger partial charge in [0.05, 0.1) is 18.2 Å². The van der Waals surface area contributed by atoms with Crippen molar-refractivity contribution in [2.75, 3.05) is 19.1 Å². The van der Waals surface area contributed by atoms with E-state index in [2.05, 4.69) is 0 Å². The van der Waals surface area contributed by atoms with E-state index in [0.717, 1.165) is 36.5 Å². The van der Waals surface area contributed by atoms with Gasteiger partial charge >= 0.3 is 5.97 Å². The second-order valence-electron chi connectivity index (χ2n) is 10.5. The lowest BCUT2D eigenvalue weighted by Crippen LogP contribution is -2.28. The number of amides is 1. The van der Waals surface area contributed by atoms with Crippen LogP contribution in [0.2, 0.25) is 0 Å². The average molecular weight is 506 g/mol. The molecule has 0 saturated heterocycles. The van der Waals surface area contributed by atoms with Gasteiger partial charge < -0.3 is 19.5 Å². The lowest BCUT2D eigenvalue weighted by molar-refractivity contribution is -0.143. The predicted molar refractivity (Wildman–Crippen MR) is 140 cm³/mol. The van der Waals surface area contributed by atoms with Crippen LogP contribution in [0.15, 0.2) is 54.6 Å². The van der Waals surface area contributed by atoms with Gasteiger partial charge in [-0.25, -0.2) is 4.39 Å². The van der Waals surface area contributed by atoms with E-state index < -0.39 is 22.9 Å². The maximum atomic E-state index is 13.9. The highest BCUT2D eigenvalue weighted by Crippen LogP contribution is 2.40. The number of methoxy groups -OCH3 is 1. The minimum absolute atomic E-state index is 0.137. The molecule has 6 nitrogen and oxygen atoms in total. The lowest BCUT2D eigenvalue weighted by Gasteiger charge is -2.30. The van der Waals surface area contributed by atoms with Gasteiger partial charge in [0.2, 0.25) is 0 Å². The van der Waals surface area contributed by atoms with Crippen LogP contribution in [0.4, 0.5) is 10.1 Å². The molecular formula is C30H32FNO5. The molecule has 194 valence electrons. The number of carbonyl (C=O) groups is 2. The van der Waals surface area contributed by atoms with Gasteiger partial charge in [0, 0.05) is 18.7 Å². The van der Waals surface area contributed by atoms with Gasteiger partial charge in [0.1, 0.15) is 11.5 Å². The highest BCUT2D eigenvalue weighted by atomic mass is 19.1. The van der Waals surface area contributed by atoms with E-state index in [0.29, 0.717) is 17.2 Å². The molecule has 37 heavy (non-hydrogen) atoms. The predicted octanol–water partition coefficient (Wildman–Crippen LogP) is 6.04. The van der Waals surface area contributed by atoms with E-state index in [1.54, 1.807) is 14.2 Å². The van der Waals surface area contributed by atoms with Crippen molar-refractivity contribution in [1.82, 2.24) is 0 Å². The van der Waals surface area contributed by atoms with Crippen molar-refractivity contribution in [3.63, 3.8) is 0 Å². The molecule has 0 unspecified atom stereocenters. The van der Waals surface area contributed by atoms with Gasteiger partial charge in [-0.1, -0.05) is 12.1 Å². The number of aryl methyl sites for hydroxylation is 1. The van der Waals surface area contributed by atoms with Crippen LogP contribution in [-0.4, -0.2) is 31.1 Å². The smallest absolute Gasteiger partial charge is 0.316 e. The third kappa shape index (κ3) is 5.61. The Balaban J connectivity index is 1.61. The minimum atomic E-state index is -0.846. The molecule has 0 bridgehead atoms. The summed E-state index contributed by atoms with van der Waals surface area (Å²) in [7, 11) is 3.22. The second-order valence-corrected chi connectivity index (χ2v) is 10.5. The van der Waals surface area contributed by atoms with Crippen molar-refractivity contribution >= 4 is 17.6 Å². The van der Waals surface area contributed by atoms with Crippen LogP contribution in [0.5, 0.6) is 17.2 Å². The molecule has 0 fully saturated rings. The van der Waals surface area contributed by atoms with E-state index in [-0.39, 0.29) is 17.5 Å². The molecule has 0 radical (unpaired) electrons. The third-order valence-corrected chi connectivity index (χ3v) is 6.77. The Kier molecular flexibility index (Phi) is 7.25. The molecule has 1 N–H and O–H groups in total.